The Bertz CT molecular complexity index is 467. The van der Waals surface area contributed by atoms with Crippen molar-refractivity contribution in [1.29, 1.82) is 0 Å². The molecule has 1 rings (SSSR count). The zero-order chi connectivity index (χ0) is 12.2. The van der Waals surface area contributed by atoms with Crippen LogP contribution in [0.15, 0.2) is 16.3 Å². The summed E-state index contributed by atoms with van der Waals surface area (Å²) in [5.41, 5.74) is 0. The number of hydrogen-bond donors (Lipinski definition) is 1. The molecule has 0 saturated carbocycles. The summed E-state index contributed by atoms with van der Waals surface area (Å²) in [6.07, 6.45) is 1.10. The average molecular weight is 282 g/mol. The topological polar surface area (TPSA) is 63.2 Å². The molecule has 7 heteroatoms. The molecule has 0 aliphatic rings. The van der Waals surface area contributed by atoms with E-state index in [-0.39, 0.29) is 16.5 Å². The molecule has 16 heavy (non-hydrogen) atoms. The Morgan fingerprint density at radius 3 is 2.69 bits per heavy atom. The van der Waals surface area contributed by atoms with Gasteiger partial charge in [-0.15, -0.1) is 11.3 Å². The van der Waals surface area contributed by atoms with E-state index < -0.39 is 10.0 Å². The van der Waals surface area contributed by atoms with E-state index in [1.807, 2.05) is 6.92 Å². The molecule has 0 bridgehead atoms. The third kappa shape index (κ3) is 3.86. The Hall–Kier alpha value is -0.430. The fraction of sp³-hybridized carbons (Fsp3) is 0.444. The van der Waals surface area contributed by atoms with Crippen molar-refractivity contribution in [3.8, 4) is 0 Å². The summed E-state index contributed by atoms with van der Waals surface area (Å²) in [5.74, 6) is -0.117. The Balaban J connectivity index is 2.63. The van der Waals surface area contributed by atoms with E-state index in [1.54, 1.807) is 0 Å². The first-order chi connectivity index (χ1) is 7.45. The number of Topliss-reactive ketones (excluding diaryl/α,β-unsaturated/α-hetero) is 1. The molecule has 0 aliphatic heterocycles. The monoisotopic (exact) mass is 281 g/mol. The van der Waals surface area contributed by atoms with Gasteiger partial charge in [0.2, 0.25) is 10.0 Å². The van der Waals surface area contributed by atoms with Crippen molar-refractivity contribution in [2.24, 2.45) is 0 Å². The number of carbonyl (C=O) groups excluding carboxylic acids is 1. The third-order valence-electron chi connectivity index (χ3n) is 1.80. The SMILES string of the molecule is CCCC(=O)CNS(=O)(=O)c1ccc(Cl)s1. The Morgan fingerprint density at radius 2 is 2.19 bits per heavy atom. The fourth-order valence-electron chi connectivity index (χ4n) is 1.06. The van der Waals surface area contributed by atoms with Gasteiger partial charge in [0, 0.05) is 6.42 Å². The highest BCUT2D eigenvalue weighted by Crippen LogP contribution is 2.25. The van der Waals surface area contributed by atoms with Gasteiger partial charge in [-0.05, 0) is 18.6 Å². The van der Waals surface area contributed by atoms with Crippen molar-refractivity contribution in [2.45, 2.75) is 24.0 Å². The Kier molecular flexibility index (Phi) is 4.91. The molecule has 0 aliphatic carbocycles. The molecule has 90 valence electrons. The van der Waals surface area contributed by atoms with Crippen LogP contribution in [0.3, 0.4) is 0 Å². The van der Waals surface area contributed by atoms with Crippen LogP contribution < -0.4 is 4.72 Å². The first-order valence-electron chi connectivity index (χ1n) is 4.72. The van der Waals surface area contributed by atoms with Gasteiger partial charge in [0.05, 0.1) is 10.9 Å². The van der Waals surface area contributed by atoms with E-state index >= 15 is 0 Å². The summed E-state index contributed by atoms with van der Waals surface area (Å²) in [6.45, 7) is 1.71. The lowest BCUT2D eigenvalue weighted by atomic mass is 10.2. The van der Waals surface area contributed by atoms with Crippen LogP contribution in [0.5, 0.6) is 0 Å². The average Bonchev–Trinajstić information content (AvgIpc) is 2.63. The minimum Gasteiger partial charge on any atom is -0.298 e. The number of carbonyl (C=O) groups is 1. The van der Waals surface area contributed by atoms with Gasteiger partial charge in [-0.1, -0.05) is 18.5 Å². The van der Waals surface area contributed by atoms with Crippen molar-refractivity contribution in [2.75, 3.05) is 6.54 Å². The summed E-state index contributed by atoms with van der Waals surface area (Å²) in [7, 11) is -3.59. The minimum atomic E-state index is -3.59. The lowest BCUT2D eigenvalue weighted by Gasteiger charge is -2.02. The molecule has 1 heterocycles. The molecule has 0 spiro atoms. The molecule has 4 nitrogen and oxygen atoms in total. The number of sulfonamides is 1. The van der Waals surface area contributed by atoms with Crippen LogP contribution in [0.25, 0.3) is 0 Å². The second kappa shape index (κ2) is 5.77. The van der Waals surface area contributed by atoms with Crippen molar-refractivity contribution in [3.63, 3.8) is 0 Å². The van der Waals surface area contributed by atoms with Gasteiger partial charge in [-0.25, -0.2) is 13.1 Å². The van der Waals surface area contributed by atoms with Gasteiger partial charge in [-0.3, -0.25) is 4.79 Å². The Labute approximate surface area is 104 Å². The van der Waals surface area contributed by atoms with Crippen molar-refractivity contribution >= 4 is 38.7 Å². The molecular weight excluding hydrogens is 270 g/mol. The van der Waals surface area contributed by atoms with Gasteiger partial charge in [0.25, 0.3) is 0 Å². The molecule has 0 amide bonds. The first-order valence-corrected chi connectivity index (χ1v) is 7.40. The summed E-state index contributed by atoms with van der Waals surface area (Å²) >= 11 is 6.60. The molecule has 0 aromatic carbocycles. The van der Waals surface area contributed by atoms with Crippen LogP contribution in [0.4, 0.5) is 0 Å². The van der Waals surface area contributed by atoms with E-state index in [0.717, 1.165) is 11.3 Å². The normalized spacial score (nSPS) is 11.6. The number of thiophene rings is 1. The van der Waals surface area contributed by atoms with E-state index in [0.29, 0.717) is 17.2 Å². The molecule has 1 aromatic rings. The summed E-state index contributed by atoms with van der Waals surface area (Å²) in [5, 5.41) is 0. The number of rotatable bonds is 6. The van der Waals surface area contributed by atoms with Crippen molar-refractivity contribution in [3.05, 3.63) is 16.5 Å². The second-order valence-electron chi connectivity index (χ2n) is 3.17. The predicted molar refractivity (Wildman–Crippen MR) is 64.4 cm³/mol. The molecule has 0 fully saturated rings. The van der Waals surface area contributed by atoms with Crippen LogP contribution in [0.1, 0.15) is 19.8 Å². The third-order valence-corrected chi connectivity index (χ3v) is 4.93. The smallest absolute Gasteiger partial charge is 0.250 e. The second-order valence-corrected chi connectivity index (χ2v) is 6.88. The maximum atomic E-state index is 11.6. The maximum absolute atomic E-state index is 11.6. The largest absolute Gasteiger partial charge is 0.298 e. The molecule has 1 aromatic heterocycles. The van der Waals surface area contributed by atoms with Gasteiger partial charge < -0.3 is 0 Å². The van der Waals surface area contributed by atoms with Crippen LogP contribution in [0.2, 0.25) is 4.34 Å². The van der Waals surface area contributed by atoms with E-state index in [9.17, 15) is 13.2 Å². The highest BCUT2D eigenvalue weighted by atomic mass is 35.5. The summed E-state index contributed by atoms with van der Waals surface area (Å²) in [4.78, 5) is 11.2. The van der Waals surface area contributed by atoms with E-state index in [1.165, 1.54) is 12.1 Å². The van der Waals surface area contributed by atoms with Crippen LogP contribution in [0, 0.1) is 0 Å². The minimum absolute atomic E-state index is 0.117. The van der Waals surface area contributed by atoms with Crippen molar-refractivity contribution < 1.29 is 13.2 Å². The van der Waals surface area contributed by atoms with Gasteiger partial charge in [-0.2, -0.15) is 0 Å². The van der Waals surface area contributed by atoms with Gasteiger partial charge in [0.15, 0.2) is 0 Å². The van der Waals surface area contributed by atoms with E-state index in [2.05, 4.69) is 4.72 Å². The molecule has 0 unspecified atom stereocenters. The lowest BCUT2D eigenvalue weighted by Crippen LogP contribution is -2.28. The number of hydrogen-bond acceptors (Lipinski definition) is 4. The summed E-state index contributed by atoms with van der Waals surface area (Å²) < 4.78 is 26.1. The zero-order valence-corrected chi connectivity index (χ0v) is 11.1. The number of ketones is 1. The molecule has 0 atom stereocenters. The van der Waals surface area contributed by atoms with Crippen molar-refractivity contribution in [1.82, 2.24) is 4.72 Å². The van der Waals surface area contributed by atoms with E-state index in [4.69, 9.17) is 11.6 Å². The Morgan fingerprint density at radius 1 is 1.50 bits per heavy atom. The molecule has 0 radical (unpaired) electrons. The maximum Gasteiger partial charge on any atom is 0.250 e. The number of halogens is 1. The quantitative estimate of drug-likeness (QED) is 0.868. The predicted octanol–water partition coefficient (Wildman–Crippen LogP) is 2.05. The first kappa shape index (κ1) is 13.6. The zero-order valence-electron chi connectivity index (χ0n) is 8.70. The molecular formula is C9H12ClNO3S2. The standard InChI is InChI=1S/C9H12ClNO3S2/c1-2-3-7(12)6-11-16(13,14)9-5-4-8(10)15-9/h4-5,11H,2-3,6H2,1H3. The van der Waals surface area contributed by atoms with Gasteiger partial charge in [0.1, 0.15) is 9.99 Å². The fourth-order valence-corrected chi connectivity index (χ4v) is 3.60. The summed E-state index contributed by atoms with van der Waals surface area (Å²) in [6, 6.07) is 2.92. The van der Waals surface area contributed by atoms with Crippen LogP contribution in [-0.4, -0.2) is 20.7 Å². The molecule has 0 saturated heterocycles. The molecule has 1 N–H and O–H groups in total. The van der Waals surface area contributed by atoms with Gasteiger partial charge >= 0.3 is 0 Å². The van der Waals surface area contributed by atoms with Crippen LogP contribution >= 0.6 is 22.9 Å². The highest BCUT2D eigenvalue weighted by Gasteiger charge is 2.17. The lowest BCUT2D eigenvalue weighted by molar-refractivity contribution is -0.118. The van der Waals surface area contributed by atoms with Crippen LogP contribution in [-0.2, 0) is 14.8 Å². The highest BCUT2D eigenvalue weighted by molar-refractivity contribution is 7.91. The number of nitrogens with one attached hydrogen (secondary N) is 1.